The second-order valence-electron chi connectivity index (χ2n) is 6.16. The van der Waals surface area contributed by atoms with Crippen LogP contribution in [0, 0.1) is 13.8 Å². The topological polar surface area (TPSA) is 55.1 Å². The second-order valence-corrected chi connectivity index (χ2v) is 6.16. The zero-order valence-corrected chi connectivity index (χ0v) is 14.5. The average Bonchev–Trinajstić information content (AvgIpc) is 2.97. The fraction of sp³-hybridized carbons (Fsp3) is 0.238. The third-order valence-electron chi connectivity index (χ3n) is 4.44. The van der Waals surface area contributed by atoms with Crippen molar-refractivity contribution in [1.29, 1.82) is 0 Å². The van der Waals surface area contributed by atoms with Crippen LogP contribution in [0.25, 0.3) is 0 Å². The summed E-state index contributed by atoms with van der Waals surface area (Å²) in [7, 11) is 0. The number of benzene rings is 2. The molecule has 1 aromatic heterocycles. The van der Waals surface area contributed by atoms with Gasteiger partial charge in [0.05, 0.1) is 5.69 Å². The quantitative estimate of drug-likeness (QED) is 0.737. The van der Waals surface area contributed by atoms with Gasteiger partial charge in [0.2, 0.25) is 5.91 Å². The molecule has 128 valence electrons. The van der Waals surface area contributed by atoms with Gasteiger partial charge in [0, 0.05) is 24.4 Å². The van der Waals surface area contributed by atoms with E-state index in [1.807, 2.05) is 50.2 Å². The van der Waals surface area contributed by atoms with Crippen molar-refractivity contribution in [3.05, 3.63) is 88.8 Å². The highest BCUT2D eigenvalue weighted by molar-refractivity contribution is 5.77. The number of aromatic nitrogens is 1. The molecule has 1 N–H and O–H groups in total. The van der Waals surface area contributed by atoms with Crippen molar-refractivity contribution in [2.45, 2.75) is 32.7 Å². The van der Waals surface area contributed by atoms with Crippen molar-refractivity contribution in [1.82, 2.24) is 10.5 Å². The van der Waals surface area contributed by atoms with E-state index in [1.54, 1.807) is 0 Å². The third kappa shape index (κ3) is 4.15. The molecule has 0 saturated carbocycles. The number of carbonyl (C=O) groups is 1. The van der Waals surface area contributed by atoms with E-state index in [0.717, 1.165) is 28.1 Å². The Balaban J connectivity index is 1.73. The summed E-state index contributed by atoms with van der Waals surface area (Å²) in [6.45, 7) is 4.18. The molecule has 3 aromatic rings. The number of carbonyl (C=O) groups excluding carboxylic acids is 1. The largest absolute Gasteiger partial charge is 0.361 e. The maximum absolute atomic E-state index is 12.6. The van der Waals surface area contributed by atoms with Crippen LogP contribution in [0.2, 0.25) is 0 Å². The van der Waals surface area contributed by atoms with E-state index < -0.39 is 0 Å². The highest BCUT2D eigenvalue weighted by atomic mass is 16.5. The molecule has 25 heavy (non-hydrogen) atoms. The Morgan fingerprint density at radius 1 is 1.00 bits per heavy atom. The monoisotopic (exact) mass is 334 g/mol. The fourth-order valence-corrected chi connectivity index (χ4v) is 3.00. The van der Waals surface area contributed by atoms with Crippen molar-refractivity contribution in [2.75, 3.05) is 0 Å². The average molecular weight is 334 g/mol. The normalized spacial score (nSPS) is 10.8. The molecule has 4 nitrogen and oxygen atoms in total. The lowest BCUT2D eigenvalue weighted by Gasteiger charge is -2.18. The van der Waals surface area contributed by atoms with Crippen LogP contribution in [0.3, 0.4) is 0 Å². The SMILES string of the molecule is Cc1noc(C)c1CNC(=O)CC(c1ccccc1)c1ccccc1. The van der Waals surface area contributed by atoms with Crippen LogP contribution < -0.4 is 5.32 Å². The standard InChI is InChI=1S/C21H22N2O2/c1-15-20(16(2)25-23-15)14-22-21(24)13-19(17-9-5-3-6-10-17)18-11-7-4-8-12-18/h3-12,19H,13-14H2,1-2H3,(H,22,24). The zero-order chi connectivity index (χ0) is 17.6. The summed E-state index contributed by atoms with van der Waals surface area (Å²) in [5, 5.41) is 6.92. The Kier molecular flexibility index (Phi) is 5.29. The molecular formula is C21H22N2O2. The second kappa shape index (κ2) is 7.79. The first-order valence-corrected chi connectivity index (χ1v) is 8.43. The molecule has 2 aromatic carbocycles. The van der Waals surface area contributed by atoms with E-state index in [4.69, 9.17) is 4.52 Å². The van der Waals surface area contributed by atoms with Gasteiger partial charge in [-0.2, -0.15) is 0 Å². The van der Waals surface area contributed by atoms with Crippen molar-refractivity contribution in [3.8, 4) is 0 Å². The summed E-state index contributed by atoms with van der Waals surface area (Å²) in [4.78, 5) is 12.6. The first-order chi connectivity index (χ1) is 12.1. The number of aryl methyl sites for hydroxylation is 2. The maximum Gasteiger partial charge on any atom is 0.221 e. The highest BCUT2D eigenvalue weighted by Crippen LogP contribution is 2.27. The van der Waals surface area contributed by atoms with Gasteiger partial charge in [0.1, 0.15) is 5.76 Å². The van der Waals surface area contributed by atoms with E-state index in [9.17, 15) is 4.79 Å². The van der Waals surface area contributed by atoms with Gasteiger partial charge in [-0.05, 0) is 25.0 Å². The fourth-order valence-electron chi connectivity index (χ4n) is 3.00. The first kappa shape index (κ1) is 17.0. The lowest BCUT2D eigenvalue weighted by molar-refractivity contribution is -0.121. The Bertz CT molecular complexity index is 767. The first-order valence-electron chi connectivity index (χ1n) is 8.43. The minimum absolute atomic E-state index is 0.0118. The van der Waals surface area contributed by atoms with E-state index >= 15 is 0 Å². The summed E-state index contributed by atoms with van der Waals surface area (Å²) < 4.78 is 5.15. The van der Waals surface area contributed by atoms with Crippen LogP contribution in [0.15, 0.2) is 65.2 Å². The third-order valence-corrected chi connectivity index (χ3v) is 4.44. The molecule has 0 radical (unpaired) electrons. The van der Waals surface area contributed by atoms with Crippen LogP contribution in [-0.2, 0) is 11.3 Å². The predicted molar refractivity (Wildman–Crippen MR) is 97.2 cm³/mol. The summed E-state index contributed by atoms with van der Waals surface area (Å²) in [5.41, 5.74) is 4.05. The van der Waals surface area contributed by atoms with Crippen LogP contribution in [0.4, 0.5) is 0 Å². The van der Waals surface area contributed by atoms with Crippen molar-refractivity contribution < 1.29 is 9.32 Å². The molecule has 0 saturated heterocycles. The number of hydrogen-bond donors (Lipinski definition) is 1. The van der Waals surface area contributed by atoms with Gasteiger partial charge in [-0.1, -0.05) is 65.8 Å². The summed E-state index contributed by atoms with van der Waals surface area (Å²) in [5.74, 6) is 0.797. The lowest BCUT2D eigenvalue weighted by atomic mass is 9.88. The van der Waals surface area contributed by atoms with Crippen LogP contribution >= 0.6 is 0 Å². The molecule has 0 bridgehead atoms. The smallest absolute Gasteiger partial charge is 0.221 e. The molecule has 0 aliphatic heterocycles. The van der Waals surface area contributed by atoms with Gasteiger partial charge in [-0.3, -0.25) is 4.79 Å². The lowest BCUT2D eigenvalue weighted by Crippen LogP contribution is -2.25. The minimum atomic E-state index is 0.0118. The Morgan fingerprint density at radius 2 is 1.56 bits per heavy atom. The molecule has 0 fully saturated rings. The zero-order valence-electron chi connectivity index (χ0n) is 14.5. The summed E-state index contributed by atoms with van der Waals surface area (Å²) in [6.07, 6.45) is 0.400. The van der Waals surface area contributed by atoms with Crippen molar-refractivity contribution in [2.24, 2.45) is 0 Å². The molecule has 0 aliphatic carbocycles. The van der Waals surface area contributed by atoms with E-state index in [0.29, 0.717) is 13.0 Å². The molecule has 3 rings (SSSR count). The highest BCUT2D eigenvalue weighted by Gasteiger charge is 2.18. The Morgan fingerprint density at radius 3 is 2.04 bits per heavy atom. The minimum Gasteiger partial charge on any atom is -0.361 e. The Hall–Kier alpha value is -2.88. The number of hydrogen-bond acceptors (Lipinski definition) is 3. The predicted octanol–water partition coefficient (Wildman–Crippen LogP) is 4.13. The van der Waals surface area contributed by atoms with Crippen LogP contribution in [0.1, 0.15) is 40.5 Å². The molecule has 0 unspecified atom stereocenters. The van der Waals surface area contributed by atoms with Gasteiger partial charge in [0.25, 0.3) is 0 Å². The van der Waals surface area contributed by atoms with Gasteiger partial charge in [-0.25, -0.2) is 0 Å². The number of amides is 1. The van der Waals surface area contributed by atoms with E-state index in [-0.39, 0.29) is 11.8 Å². The van der Waals surface area contributed by atoms with Crippen LogP contribution in [0.5, 0.6) is 0 Å². The molecule has 0 atom stereocenters. The van der Waals surface area contributed by atoms with Crippen LogP contribution in [-0.4, -0.2) is 11.1 Å². The number of rotatable bonds is 6. The van der Waals surface area contributed by atoms with Gasteiger partial charge >= 0.3 is 0 Å². The molecular weight excluding hydrogens is 312 g/mol. The molecule has 1 amide bonds. The molecule has 0 aliphatic rings. The Labute approximate surface area is 147 Å². The van der Waals surface area contributed by atoms with Gasteiger partial charge < -0.3 is 9.84 Å². The van der Waals surface area contributed by atoms with E-state index in [1.165, 1.54) is 0 Å². The molecule has 4 heteroatoms. The van der Waals surface area contributed by atoms with E-state index in [2.05, 4.69) is 34.7 Å². The van der Waals surface area contributed by atoms with Crippen molar-refractivity contribution in [3.63, 3.8) is 0 Å². The summed E-state index contributed by atoms with van der Waals surface area (Å²) in [6, 6.07) is 20.3. The molecule has 0 spiro atoms. The van der Waals surface area contributed by atoms with Gasteiger partial charge in [0.15, 0.2) is 0 Å². The van der Waals surface area contributed by atoms with Gasteiger partial charge in [-0.15, -0.1) is 0 Å². The summed E-state index contributed by atoms with van der Waals surface area (Å²) >= 11 is 0. The number of nitrogens with zero attached hydrogens (tertiary/aromatic N) is 1. The van der Waals surface area contributed by atoms with Crippen molar-refractivity contribution >= 4 is 5.91 Å². The molecule has 1 heterocycles. The maximum atomic E-state index is 12.6. The number of nitrogens with one attached hydrogen (secondary N) is 1.